The molecule has 2 aromatic carbocycles. The molecular formula is C22H19Cl2FN4O3. The molecular weight excluding hydrogens is 458 g/mol. The molecule has 166 valence electrons. The Morgan fingerprint density at radius 3 is 2.66 bits per heavy atom. The quantitative estimate of drug-likeness (QED) is 0.350. The minimum Gasteiger partial charge on any atom is -0.508 e. The maximum absolute atomic E-state index is 14.3. The number of hydrogen-bond donors (Lipinski definition) is 2. The van der Waals surface area contributed by atoms with Crippen molar-refractivity contribution in [3.8, 4) is 17.2 Å². The van der Waals surface area contributed by atoms with E-state index >= 15 is 0 Å². The second kappa shape index (κ2) is 9.84. The first kappa shape index (κ1) is 23.3. The van der Waals surface area contributed by atoms with E-state index in [2.05, 4.69) is 20.3 Å². The zero-order valence-electron chi connectivity index (χ0n) is 17.1. The number of aryl methyl sites for hydroxylation is 1. The summed E-state index contributed by atoms with van der Waals surface area (Å²) in [6.45, 7) is 1.88. The highest BCUT2D eigenvalue weighted by atomic mass is 35.5. The summed E-state index contributed by atoms with van der Waals surface area (Å²) < 4.78 is 25.7. The number of nitrogens with one attached hydrogen (secondary N) is 1. The van der Waals surface area contributed by atoms with E-state index in [0.29, 0.717) is 38.9 Å². The van der Waals surface area contributed by atoms with Gasteiger partial charge in [0.15, 0.2) is 11.5 Å². The van der Waals surface area contributed by atoms with Gasteiger partial charge < -0.3 is 19.9 Å². The van der Waals surface area contributed by atoms with Crippen LogP contribution in [0.15, 0.2) is 48.9 Å². The smallest absolute Gasteiger partial charge is 0.163 e. The summed E-state index contributed by atoms with van der Waals surface area (Å²) in [5.74, 6) is 0.763. The van der Waals surface area contributed by atoms with Crippen molar-refractivity contribution in [3.63, 3.8) is 0 Å². The number of phenols is 1. The Balaban J connectivity index is 0.00000289. The predicted molar refractivity (Wildman–Crippen MR) is 123 cm³/mol. The number of aromatic nitrogens is 3. The van der Waals surface area contributed by atoms with Crippen molar-refractivity contribution in [3.05, 3.63) is 71.0 Å². The highest BCUT2D eigenvalue weighted by Gasteiger charge is 2.14. The highest BCUT2D eigenvalue weighted by Crippen LogP contribution is 2.36. The molecule has 0 fully saturated rings. The number of nitrogens with zero attached hydrogens (tertiary/aromatic N) is 3. The van der Waals surface area contributed by atoms with Crippen LogP contribution in [0.25, 0.3) is 10.9 Å². The van der Waals surface area contributed by atoms with Crippen molar-refractivity contribution < 1.29 is 19.0 Å². The normalized spacial score (nSPS) is 10.5. The van der Waals surface area contributed by atoms with Gasteiger partial charge in [-0.1, -0.05) is 11.6 Å². The lowest BCUT2D eigenvalue weighted by Crippen LogP contribution is -2.01. The molecule has 0 saturated heterocycles. The third kappa shape index (κ3) is 4.92. The molecule has 0 spiro atoms. The van der Waals surface area contributed by atoms with Gasteiger partial charge in [-0.05, 0) is 42.3 Å². The van der Waals surface area contributed by atoms with Gasteiger partial charge in [-0.15, -0.1) is 12.4 Å². The molecule has 10 heteroatoms. The van der Waals surface area contributed by atoms with E-state index in [0.717, 1.165) is 5.56 Å². The van der Waals surface area contributed by atoms with Crippen LogP contribution in [0, 0.1) is 12.7 Å². The second-order valence-corrected chi connectivity index (χ2v) is 7.15. The predicted octanol–water partition coefficient (Wildman–Crippen LogP) is 5.58. The first-order valence-electron chi connectivity index (χ1n) is 9.26. The largest absolute Gasteiger partial charge is 0.508 e. The van der Waals surface area contributed by atoms with E-state index in [9.17, 15) is 9.50 Å². The lowest BCUT2D eigenvalue weighted by molar-refractivity contribution is 0.285. The van der Waals surface area contributed by atoms with Crippen LogP contribution in [-0.4, -0.2) is 27.2 Å². The third-order valence-corrected chi connectivity index (χ3v) is 4.85. The Labute approximate surface area is 194 Å². The molecule has 0 unspecified atom stereocenters. The number of fused-ring (bicyclic) bond motifs is 1. The first-order chi connectivity index (χ1) is 14.9. The molecule has 0 bridgehead atoms. The van der Waals surface area contributed by atoms with E-state index in [1.165, 1.54) is 25.6 Å². The number of aromatic hydroxyl groups is 1. The maximum Gasteiger partial charge on any atom is 0.163 e. The fraction of sp³-hybridized carbons (Fsp3) is 0.136. The Hall–Kier alpha value is -3.36. The van der Waals surface area contributed by atoms with Crippen LogP contribution in [0.5, 0.6) is 17.2 Å². The molecule has 4 aromatic rings. The van der Waals surface area contributed by atoms with Gasteiger partial charge in [0.1, 0.15) is 35.5 Å². The molecule has 0 radical (unpaired) electrons. The van der Waals surface area contributed by atoms with E-state index in [-0.39, 0.29) is 30.5 Å². The lowest BCUT2D eigenvalue weighted by Gasteiger charge is -2.14. The fourth-order valence-electron chi connectivity index (χ4n) is 3.01. The zero-order chi connectivity index (χ0) is 22.0. The molecule has 32 heavy (non-hydrogen) atoms. The number of halogens is 3. The van der Waals surface area contributed by atoms with Crippen molar-refractivity contribution >= 4 is 46.4 Å². The molecule has 2 N–H and O–H groups in total. The van der Waals surface area contributed by atoms with Crippen LogP contribution in [-0.2, 0) is 6.61 Å². The first-order valence-corrected chi connectivity index (χ1v) is 9.64. The number of benzene rings is 2. The second-order valence-electron chi connectivity index (χ2n) is 6.76. The molecule has 0 atom stereocenters. The Morgan fingerprint density at radius 1 is 1.09 bits per heavy atom. The summed E-state index contributed by atoms with van der Waals surface area (Å²) in [6.07, 6.45) is 2.96. The van der Waals surface area contributed by atoms with E-state index in [1.807, 2.05) is 0 Å². The molecule has 4 rings (SSSR count). The maximum atomic E-state index is 14.3. The van der Waals surface area contributed by atoms with Crippen LogP contribution in [0.3, 0.4) is 0 Å². The zero-order valence-corrected chi connectivity index (χ0v) is 18.7. The average molecular weight is 477 g/mol. The van der Waals surface area contributed by atoms with Gasteiger partial charge >= 0.3 is 0 Å². The van der Waals surface area contributed by atoms with Crippen molar-refractivity contribution in [2.24, 2.45) is 0 Å². The molecule has 0 saturated carbocycles. The molecule has 7 nitrogen and oxygen atoms in total. The topological polar surface area (TPSA) is 89.4 Å². The van der Waals surface area contributed by atoms with Crippen LogP contribution >= 0.6 is 24.0 Å². The number of hydrogen-bond acceptors (Lipinski definition) is 7. The molecule has 0 aliphatic heterocycles. The summed E-state index contributed by atoms with van der Waals surface area (Å²) >= 11 is 5.92. The van der Waals surface area contributed by atoms with Crippen LogP contribution < -0.4 is 14.8 Å². The van der Waals surface area contributed by atoms with Crippen LogP contribution in [0.1, 0.15) is 11.1 Å². The summed E-state index contributed by atoms with van der Waals surface area (Å²) in [4.78, 5) is 12.4. The van der Waals surface area contributed by atoms with Gasteiger partial charge in [-0.3, -0.25) is 0 Å². The monoisotopic (exact) mass is 476 g/mol. The average Bonchev–Trinajstić information content (AvgIpc) is 2.75. The van der Waals surface area contributed by atoms with Crippen LogP contribution in [0.4, 0.5) is 15.9 Å². The minimum atomic E-state index is -0.509. The Bertz CT molecular complexity index is 1270. The van der Waals surface area contributed by atoms with E-state index in [4.69, 9.17) is 21.1 Å². The summed E-state index contributed by atoms with van der Waals surface area (Å²) in [6, 6.07) is 9.50. The number of pyridine rings is 1. The standard InChI is InChI=1S/C22H18ClFN4O3.ClH/c1-12-5-15(24)17(8-18(12)29)28-22-14-7-19(30-2)20(9-16(14)26-11-27-22)31-10-13-3-4-25-21(23)6-13;/h3-9,11,29H,10H2,1-2H3,(H,26,27,28);1H. The van der Waals surface area contributed by atoms with Crippen molar-refractivity contribution in [1.29, 1.82) is 0 Å². The molecule has 0 aliphatic rings. The van der Waals surface area contributed by atoms with Crippen molar-refractivity contribution in [1.82, 2.24) is 15.0 Å². The molecule has 0 aliphatic carbocycles. The van der Waals surface area contributed by atoms with Gasteiger partial charge in [0.05, 0.1) is 18.3 Å². The van der Waals surface area contributed by atoms with E-state index < -0.39 is 5.82 Å². The number of anilines is 2. The van der Waals surface area contributed by atoms with Gasteiger partial charge in [0, 0.05) is 23.7 Å². The SMILES string of the molecule is COc1cc2c(Nc3cc(O)c(C)cc3F)ncnc2cc1OCc1ccnc(Cl)c1.Cl. The molecule has 2 heterocycles. The molecule has 0 amide bonds. The third-order valence-electron chi connectivity index (χ3n) is 4.64. The Morgan fingerprint density at radius 2 is 1.91 bits per heavy atom. The van der Waals surface area contributed by atoms with Gasteiger partial charge in [-0.2, -0.15) is 0 Å². The summed E-state index contributed by atoms with van der Waals surface area (Å²) in [5, 5.41) is 13.8. The Kier molecular flexibility index (Phi) is 7.17. The number of ether oxygens (including phenoxy) is 2. The minimum absolute atomic E-state index is 0. The summed E-state index contributed by atoms with van der Waals surface area (Å²) in [5.41, 5.74) is 1.95. The van der Waals surface area contributed by atoms with E-state index in [1.54, 1.807) is 37.4 Å². The van der Waals surface area contributed by atoms with Crippen molar-refractivity contribution in [2.45, 2.75) is 13.5 Å². The summed E-state index contributed by atoms with van der Waals surface area (Å²) in [7, 11) is 1.52. The van der Waals surface area contributed by atoms with Crippen LogP contribution in [0.2, 0.25) is 5.15 Å². The fourth-order valence-corrected chi connectivity index (χ4v) is 3.21. The number of phenolic OH excluding ortho intramolecular Hbond substituents is 1. The van der Waals surface area contributed by atoms with Gasteiger partial charge in [0.2, 0.25) is 0 Å². The van der Waals surface area contributed by atoms with Crippen molar-refractivity contribution in [2.75, 3.05) is 12.4 Å². The van der Waals surface area contributed by atoms with Gasteiger partial charge in [0.25, 0.3) is 0 Å². The molecule has 2 aromatic heterocycles. The number of rotatable bonds is 6. The number of methoxy groups -OCH3 is 1. The van der Waals surface area contributed by atoms with Gasteiger partial charge in [-0.25, -0.2) is 19.3 Å². The lowest BCUT2D eigenvalue weighted by atomic mass is 10.1. The highest BCUT2D eigenvalue weighted by molar-refractivity contribution is 6.29.